The lowest BCUT2D eigenvalue weighted by molar-refractivity contribution is -0.119. The van der Waals surface area contributed by atoms with Gasteiger partial charge in [0.15, 0.2) is 17.3 Å². The van der Waals surface area contributed by atoms with Crippen molar-refractivity contribution >= 4 is 29.4 Å². The summed E-state index contributed by atoms with van der Waals surface area (Å²) in [6.45, 7) is 3.75. The van der Waals surface area contributed by atoms with E-state index >= 15 is 0 Å². The number of ether oxygens (including phenoxy) is 3. The van der Waals surface area contributed by atoms with Gasteiger partial charge in [-0.15, -0.1) is 11.8 Å². The second-order valence-electron chi connectivity index (χ2n) is 7.60. The molecular formula is C21H25N3O6S. The number of nitrogens with one attached hydrogen (secondary N) is 2. The van der Waals surface area contributed by atoms with E-state index in [9.17, 15) is 9.59 Å². The minimum Gasteiger partial charge on any atom is -0.454 e. The summed E-state index contributed by atoms with van der Waals surface area (Å²) in [6.07, 6.45) is 1.61. The number of aromatic nitrogens is 1. The third kappa shape index (κ3) is 5.31. The predicted molar refractivity (Wildman–Crippen MR) is 115 cm³/mol. The van der Waals surface area contributed by atoms with Crippen molar-refractivity contribution in [2.24, 2.45) is 0 Å². The summed E-state index contributed by atoms with van der Waals surface area (Å²) in [7, 11) is 0. The van der Waals surface area contributed by atoms with Crippen LogP contribution in [0.5, 0.6) is 11.5 Å². The molecule has 0 unspecified atom stereocenters. The van der Waals surface area contributed by atoms with Crippen LogP contribution >= 0.6 is 11.8 Å². The number of hydrogen-bond donors (Lipinski definition) is 2. The van der Waals surface area contributed by atoms with E-state index < -0.39 is 0 Å². The van der Waals surface area contributed by atoms with Crippen molar-refractivity contribution in [3.63, 3.8) is 0 Å². The Hall–Kier alpha value is -2.72. The molecule has 2 aromatic rings. The lowest BCUT2D eigenvalue weighted by atomic mass is 9.74. The lowest BCUT2D eigenvalue weighted by Gasteiger charge is -2.38. The number of fused-ring (bicyclic) bond motifs is 1. The maximum absolute atomic E-state index is 12.4. The molecule has 0 aliphatic carbocycles. The molecule has 1 fully saturated rings. The lowest BCUT2D eigenvalue weighted by Crippen LogP contribution is -2.45. The van der Waals surface area contributed by atoms with Gasteiger partial charge in [-0.25, -0.2) is 0 Å². The summed E-state index contributed by atoms with van der Waals surface area (Å²) < 4.78 is 21.4. The van der Waals surface area contributed by atoms with E-state index in [1.165, 1.54) is 11.8 Å². The van der Waals surface area contributed by atoms with Gasteiger partial charge >= 0.3 is 0 Å². The van der Waals surface area contributed by atoms with E-state index in [1.807, 2.05) is 18.2 Å². The molecule has 4 rings (SSSR count). The maximum atomic E-state index is 12.4. The summed E-state index contributed by atoms with van der Waals surface area (Å²) in [4.78, 5) is 24.4. The Morgan fingerprint density at radius 2 is 1.87 bits per heavy atom. The number of carbonyl (C=O) groups is 2. The SMILES string of the molecule is Cc1cc(NC(=O)CSCC(=O)NCC2(c3ccc4c(c3)OCO4)CCOCC2)no1. The molecule has 31 heavy (non-hydrogen) atoms. The molecule has 166 valence electrons. The molecule has 0 radical (unpaired) electrons. The number of hydrogen-bond acceptors (Lipinski definition) is 8. The molecule has 2 aliphatic heterocycles. The Morgan fingerprint density at radius 1 is 1.10 bits per heavy atom. The summed E-state index contributed by atoms with van der Waals surface area (Å²) in [6, 6.07) is 7.60. The van der Waals surface area contributed by atoms with Crippen LogP contribution in [0.1, 0.15) is 24.2 Å². The average molecular weight is 448 g/mol. The first kappa shape index (κ1) is 21.5. The van der Waals surface area contributed by atoms with Crippen LogP contribution in [0, 0.1) is 6.92 Å². The van der Waals surface area contributed by atoms with E-state index in [2.05, 4.69) is 15.8 Å². The number of anilines is 1. The Kier molecular flexibility index (Phi) is 6.67. The van der Waals surface area contributed by atoms with Gasteiger partial charge in [-0.2, -0.15) is 0 Å². The minimum absolute atomic E-state index is 0.110. The number of rotatable bonds is 8. The van der Waals surface area contributed by atoms with Crippen LogP contribution in [0.25, 0.3) is 0 Å². The first-order chi connectivity index (χ1) is 15.0. The number of carbonyl (C=O) groups excluding carboxylic acids is 2. The van der Waals surface area contributed by atoms with Crippen molar-refractivity contribution in [3.8, 4) is 11.5 Å². The number of thioether (sulfide) groups is 1. The van der Waals surface area contributed by atoms with E-state index in [1.54, 1.807) is 13.0 Å². The van der Waals surface area contributed by atoms with Gasteiger partial charge in [0, 0.05) is 31.2 Å². The quantitative estimate of drug-likeness (QED) is 0.634. The van der Waals surface area contributed by atoms with Gasteiger partial charge in [0.05, 0.1) is 11.5 Å². The first-order valence-corrected chi connectivity index (χ1v) is 11.3. The molecule has 2 N–H and O–H groups in total. The fraction of sp³-hybridized carbons (Fsp3) is 0.476. The monoisotopic (exact) mass is 447 g/mol. The molecule has 1 aromatic carbocycles. The van der Waals surface area contributed by atoms with Crippen LogP contribution in [0.3, 0.4) is 0 Å². The fourth-order valence-corrected chi connectivity index (χ4v) is 4.36. The Labute approximate surface area is 184 Å². The zero-order valence-corrected chi connectivity index (χ0v) is 18.1. The van der Waals surface area contributed by atoms with Crippen LogP contribution in [-0.2, 0) is 19.7 Å². The summed E-state index contributed by atoms with van der Waals surface area (Å²) >= 11 is 1.25. The molecule has 10 heteroatoms. The normalized spacial score (nSPS) is 16.7. The first-order valence-electron chi connectivity index (χ1n) is 10.1. The molecular weight excluding hydrogens is 422 g/mol. The van der Waals surface area contributed by atoms with E-state index in [4.69, 9.17) is 18.7 Å². The molecule has 0 spiro atoms. The van der Waals surface area contributed by atoms with Crippen molar-refractivity contribution in [1.82, 2.24) is 10.5 Å². The van der Waals surface area contributed by atoms with Gasteiger partial charge in [0.2, 0.25) is 18.6 Å². The molecule has 0 saturated carbocycles. The number of nitrogens with zero attached hydrogens (tertiary/aromatic N) is 1. The maximum Gasteiger partial charge on any atom is 0.235 e. The molecule has 9 nitrogen and oxygen atoms in total. The minimum atomic E-state index is -0.229. The summed E-state index contributed by atoms with van der Waals surface area (Å²) in [5.74, 6) is 2.47. The van der Waals surface area contributed by atoms with Crippen LogP contribution in [0.2, 0.25) is 0 Å². The number of aryl methyl sites for hydroxylation is 1. The zero-order chi connectivity index (χ0) is 21.7. The van der Waals surface area contributed by atoms with Crippen molar-refractivity contribution in [1.29, 1.82) is 0 Å². The van der Waals surface area contributed by atoms with Crippen molar-refractivity contribution in [2.75, 3.05) is 43.4 Å². The fourth-order valence-electron chi connectivity index (χ4n) is 3.72. The summed E-state index contributed by atoms with van der Waals surface area (Å²) in [5, 5.41) is 9.39. The van der Waals surface area contributed by atoms with Gasteiger partial charge in [-0.3, -0.25) is 9.59 Å². The van der Waals surface area contributed by atoms with E-state index in [-0.39, 0.29) is 35.5 Å². The molecule has 1 aromatic heterocycles. The highest BCUT2D eigenvalue weighted by atomic mass is 32.2. The van der Waals surface area contributed by atoms with Crippen LogP contribution < -0.4 is 20.1 Å². The van der Waals surface area contributed by atoms with Crippen LogP contribution in [0.4, 0.5) is 5.82 Å². The van der Waals surface area contributed by atoms with Gasteiger partial charge in [-0.05, 0) is 37.5 Å². The van der Waals surface area contributed by atoms with Crippen LogP contribution in [0.15, 0.2) is 28.8 Å². The van der Waals surface area contributed by atoms with E-state index in [0.717, 1.165) is 29.9 Å². The van der Waals surface area contributed by atoms with Crippen molar-refractivity contribution in [3.05, 3.63) is 35.6 Å². The highest BCUT2D eigenvalue weighted by Crippen LogP contribution is 2.40. The molecule has 3 heterocycles. The highest BCUT2D eigenvalue weighted by molar-refractivity contribution is 8.00. The molecule has 0 bridgehead atoms. The van der Waals surface area contributed by atoms with Gasteiger partial charge in [-0.1, -0.05) is 11.2 Å². The molecule has 2 aliphatic rings. The Morgan fingerprint density at radius 3 is 2.65 bits per heavy atom. The standard InChI is InChI=1S/C21H25N3O6S/c1-14-8-18(24-30-14)23-20(26)11-31-10-19(25)22-12-21(4-6-27-7-5-21)15-2-3-16-17(9-15)29-13-28-16/h2-3,8-9H,4-7,10-13H2,1H3,(H,22,25)(H,23,24,26). The van der Waals surface area contributed by atoms with E-state index in [0.29, 0.717) is 31.3 Å². The third-order valence-corrected chi connectivity index (χ3v) is 6.35. The molecule has 2 amide bonds. The number of benzene rings is 1. The summed E-state index contributed by atoms with van der Waals surface area (Å²) in [5.41, 5.74) is 0.886. The molecule has 0 atom stereocenters. The van der Waals surface area contributed by atoms with Crippen LogP contribution in [-0.4, -0.2) is 55.0 Å². The van der Waals surface area contributed by atoms with Gasteiger partial charge < -0.3 is 29.4 Å². The predicted octanol–water partition coefficient (Wildman–Crippen LogP) is 2.25. The van der Waals surface area contributed by atoms with Crippen molar-refractivity contribution in [2.45, 2.75) is 25.2 Å². The highest BCUT2D eigenvalue weighted by Gasteiger charge is 2.36. The smallest absolute Gasteiger partial charge is 0.235 e. The second kappa shape index (κ2) is 9.61. The van der Waals surface area contributed by atoms with Gasteiger partial charge in [0.25, 0.3) is 0 Å². The third-order valence-electron chi connectivity index (χ3n) is 5.42. The van der Waals surface area contributed by atoms with Crippen molar-refractivity contribution < 1.29 is 28.3 Å². The topological polar surface area (TPSA) is 112 Å². The zero-order valence-electron chi connectivity index (χ0n) is 17.3. The Bertz CT molecular complexity index is 941. The number of amides is 2. The van der Waals surface area contributed by atoms with Gasteiger partial charge in [0.1, 0.15) is 5.76 Å². The molecule has 1 saturated heterocycles. The Balaban J connectivity index is 1.28. The average Bonchev–Trinajstić information content (AvgIpc) is 3.41. The second-order valence-corrected chi connectivity index (χ2v) is 8.59. The largest absolute Gasteiger partial charge is 0.454 e.